The lowest BCUT2D eigenvalue weighted by molar-refractivity contribution is 0.0686. The van der Waals surface area contributed by atoms with Crippen LogP contribution in [-0.2, 0) is 0 Å². The molecule has 0 spiro atoms. The summed E-state index contributed by atoms with van der Waals surface area (Å²) in [5, 5.41) is 34.6. The Labute approximate surface area is 242 Å². The Bertz CT molecular complexity index is 796. The lowest BCUT2D eigenvalue weighted by Crippen LogP contribution is -2.13. The minimum atomic E-state index is -0.879. The third-order valence-corrected chi connectivity index (χ3v) is 5.94. The lowest BCUT2D eigenvalue weighted by Gasteiger charge is -2.14. The third-order valence-electron chi connectivity index (χ3n) is 5.94. The van der Waals surface area contributed by atoms with E-state index in [1.807, 2.05) is 13.0 Å². The second-order valence-corrected chi connectivity index (χ2v) is 9.89. The zero-order valence-corrected chi connectivity index (χ0v) is 25.2. The highest BCUT2D eigenvalue weighted by Crippen LogP contribution is 2.20. The molecule has 226 valence electrons. The molecule has 0 bridgehead atoms. The van der Waals surface area contributed by atoms with Crippen molar-refractivity contribution < 1.29 is 30.0 Å². The van der Waals surface area contributed by atoms with Crippen molar-refractivity contribution in [2.75, 3.05) is 0 Å². The van der Waals surface area contributed by atoms with Gasteiger partial charge in [-0.15, -0.1) is 6.58 Å². The number of aliphatic hydroxyl groups is 2. The smallest absolute Gasteiger partial charge is 0.335 e. The predicted molar refractivity (Wildman–Crippen MR) is 166 cm³/mol. The fraction of sp³-hybridized carbons (Fsp3) is 0.529. The number of rotatable bonds is 15. The Morgan fingerprint density at radius 3 is 1.45 bits per heavy atom. The number of carboxylic acid groups (broad SMARTS) is 2. The van der Waals surface area contributed by atoms with Crippen molar-refractivity contribution in [2.24, 2.45) is 5.92 Å². The zero-order valence-electron chi connectivity index (χ0n) is 25.2. The number of benzene rings is 2. The third kappa shape index (κ3) is 25.3. The maximum Gasteiger partial charge on any atom is 0.335 e. The van der Waals surface area contributed by atoms with Gasteiger partial charge in [0, 0.05) is 0 Å². The van der Waals surface area contributed by atoms with Gasteiger partial charge in [-0.3, -0.25) is 0 Å². The van der Waals surface area contributed by atoms with Crippen molar-refractivity contribution in [1.82, 2.24) is 0 Å². The van der Waals surface area contributed by atoms with Gasteiger partial charge in [0.2, 0.25) is 0 Å². The van der Waals surface area contributed by atoms with E-state index in [0.29, 0.717) is 17.5 Å². The predicted octanol–water partition coefficient (Wildman–Crippen LogP) is 8.64. The molecule has 6 nitrogen and oxygen atoms in total. The van der Waals surface area contributed by atoms with Gasteiger partial charge in [-0.1, -0.05) is 108 Å². The first-order chi connectivity index (χ1) is 19.1. The van der Waals surface area contributed by atoms with E-state index in [0.717, 1.165) is 18.8 Å². The van der Waals surface area contributed by atoms with Crippen LogP contribution in [0.3, 0.4) is 0 Å². The molecule has 2 rings (SSSR count). The van der Waals surface area contributed by atoms with Gasteiger partial charge < -0.3 is 20.4 Å². The van der Waals surface area contributed by atoms with Crippen LogP contribution in [0.15, 0.2) is 73.3 Å². The Morgan fingerprint density at radius 2 is 1.15 bits per heavy atom. The van der Waals surface area contributed by atoms with E-state index >= 15 is 0 Å². The summed E-state index contributed by atoms with van der Waals surface area (Å²) in [5.41, 5.74) is 0.662. The van der Waals surface area contributed by atoms with E-state index in [4.69, 9.17) is 20.4 Å². The van der Waals surface area contributed by atoms with Gasteiger partial charge in [-0.05, 0) is 62.8 Å². The molecule has 4 N–H and O–H groups in total. The van der Waals surface area contributed by atoms with Crippen molar-refractivity contribution in [3.8, 4) is 0 Å². The molecule has 0 aliphatic rings. The van der Waals surface area contributed by atoms with E-state index < -0.39 is 11.9 Å². The van der Waals surface area contributed by atoms with Crippen LogP contribution in [0, 0.1) is 5.92 Å². The van der Waals surface area contributed by atoms with Gasteiger partial charge in [0.25, 0.3) is 0 Å². The molecule has 40 heavy (non-hydrogen) atoms. The second kappa shape index (κ2) is 27.6. The van der Waals surface area contributed by atoms with Crippen LogP contribution in [0.4, 0.5) is 0 Å². The highest BCUT2D eigenvalue weighted by molar-refractivity contribution is 5.87. The topological polar surface area (TPSA) is 115 Å². The van der Waals surface area contributed by atoms with Gasteiger partial charge in [0.1, 0.15) is 0 Å². The van der Waals surface area contributed by atoms with Crippen LogP contribution in [0.5, 0.6) is 0 Å². The Morgan fingerprint density at radius 1 is 0.725 bits per heavy atom. The summed E-state index contributed by atoms with van der Waals surface area (Å²) in [6, 6.07) is 16.6. The highest BCUT2D eigenvalue weighted by atomic mass is 16.4. The van der Waals surface area contributed by atoms with Crippen molar-refractivity contribution in [2.45, 2.75) is 111 Å². The van der Waals surface area contributed by atoms with Gasteiger partial charge in [-0.2, -0.15) is 0 Å². The number of aliphatic hydroxyl groups excluding tert-OH is 2. The molecule has 0 aromatic heterocycles. The number of hydrogen-bond donors (Lipinski definition) is 4. The molecule has 2 unspecified atom stereocenters. The number of allylic oxidation sites excluding steroid dienone is 1. The molecule has 0 saturated heterocycles. The van der Waals surface area contributed by atoms with Crippen LogP contribution in [-0.4, -0.2) is 44.6 Å². The number of aromatic carboxylic acids is 2. The maximum atomic E-state index is 10.2. The van der Waals surface area contributed by atoms with Crippen molar-refractivity contribution in [1.29, 1.82) is 0 Å². The Hall–Kier alpha value is -2.96. The number of hydrogen-bond acceptors (Lipinski definition) is 4. The van der Waals surface area contributed by atoms with E-state index in [-0.39, 0.29) is 12.2 Å². The van der Waals surface area contributed by atoms with Gasteiger partial charge in [0.15, 0.2) is 0 Å². The fourth-order valence-corrected chi connectivity index (χ4v) is 3.98. The van der Waals surface area contributed by atoms with Gasteiger partial charge in [0.05, 0.1) is 23.3 Å². The normalized spacial score (nSPS) is 11.4. The van der Waals surface area contributed by atoms with E-state index in [9.17, 15) is 9.59 Å². The summed E-state index contributed by atoms with van der Waals surface area (Å²) in [6.45, 7) is 12.1. The lowest BCUT2D eigenvalue weighted by atomic mass is 9.92. The van der Waals surface area contributed by atoms with Crippen LogP contribution in [0.25, 0.3) is 0 Å². The van der Waals surface area contributed by atoms with E-state index in [1.54, 1.807) is 67.6 Å². The summed E-state index contributed by atoms with van der Waals surface area (Å²) in [5.74, 6) is -0.758. The molecular formula is C34H54O6. The quantitative estimate of drug-likeness (QED) is 0.128. The molecule has 0 heterocycles. The van der Waals surface area contributed by atoms with Gasteiger partial charge >= 0.3 is 11.9 Å². The minimum Gasteiger partial charge on any atom is -0.478 e. The van der Waals surface area contributed by atoms with Crippen molar-refractivity contribution >= 4 is 11.9 Å². The standard InChI is InChI=1S/C13H26.2C7H6O2.C7H16O2/c1-4-7-8-9-12-13(10-5-2)11-6-3;2*8-7(9)6-4-2-1-3-5-6;1-3-4-7(9)5-6(2)8/h4,13H,1,5-12H2,2-3H3;2*1-5H,(H,8,9);6-9H,3-5H2,1-2H3. The second-order valence-electron chi connectivity index (χ2n) is 9.89. The summed E-state index contributed by atoms with van der Waals surface area (Å²) in [4.78, 5) is 20.4. The van der Waals surface area contributed by atoms with E-state index in [2.05, 4.69) is 20.4 Å². The molecule has 0 radical (unpaired) electrons. The summed E-state index contributed by atoms with van der Waals surface area (Å²) >= 11 is 0. The number of unbranched alkanes of at least 4 members (excludes halogenated alkanes) is 2. The zero-order chi connectivity index (χ0) is 30.6. The first-order valence-corrected chi connectivity index (χ1v) is 14.7. The Kier molecular flexibility index (Phi) is 27.0. The summed E-state index contributed by atoms with van der Waals surface area (Å²) in [7, 11) is 0. The highest BCUT2D eigenvalue weighted by Gasteiger charge is 2.06. The first kappa shape index (κ1) is 39.2. The van der Waals surface area contributed by atoms with Crippen LogP contribution in [0.2, 0.25) is 0 Å². The molecule has 0 amide bonds. The van der Waals surface area contributed by atoms with Crippen LogP contribution >= 0.6 is 0 Å². The average molecular weight is 559 g/mol. The molecule has 6 heteroatoms. The monoisotopic (exact) mass is 558 g/mol. The molecule has 0 fully saturated rings. The molecule has 0 aliphatic heterocycles. The molecule has 2 aromatic carbocycles. The van der Waals surface area contributed by atoms with E-state index in [1.165, 1.54) is 51.4 Å². The molecule has 2 atom stereocenters. The largest absolute Gasteiger partial charge is 0.478 e. The van der Waals surface area contributed by atoms with Crippen molar-refractivity contribution in [3.63, 3.8) is 0 Å². The summed E-state index contributed by atoms with van der Waals surface area (Å²) in [6.07, 6.45) is 14.6. The number of carbonyl (C=O) groups is 2. The molecule has 2 aromatic rings. The number of carboxylic acids is 2. The van der Waals surface area contributed by atoms with Gasteiger partial charge in [-0.25, -0.2) is 9.59 Å². The van der Waals surface area contributed by atoms with Crippen LogP contribution in [0.1, 0.15) is 119 Å². The Balaban J connectivity index is 0. The summed E-state index contributed by atoms with van der Waals surface area (Å²) < 4.78 is 0. The fourth-order valence-electron chi connectivity index (χ4n) is 3.98. The SMILES string of the molecule is C=CCCCCC(CCC)CCC.CCCC(O)CC(C)O.O=C(O)c1ccccc1.O=C(O)c1ccccc1. The maximum absolute atomic E-state index is 10.2. The first-order valence-electron chi connectivity index (χ1n) is 14.7. The van der Waals surface area contributed by atoms with Crippen molar-refractivity contribution in [3.05, 3.63) is 84.4 Å². The molecule has 0 saturated carbocycles. The van der Waals surface area contributed by atoms with Crippen LogP contribution < -0.4 is 0 Å². The average Bonchev–Trinajstić information content (AvgIpc) is 2.93. The minimum absolute atomic E-state index is 0.310. The molecular weight excluding hydrogens is 504 g/mol. The molecule has 0 aliphatic carbocycles.